The number of carbonyl (C=O) groups is 2. The quantitative estimate of drug-likeness (QED) is 0.777. The molecule has 0 aromatic carbocycles. The number of carbonyl (C=O) groups excluding carboxylic acids is 1. The zero-order valence-electron chi connectivity index (χ0n) is 11.6. The standard InChI is InChI=1S/C14H20N2O4/c1-20-10-9-15-7-2-3-12(15)14(19)16(11-4-5-11)8-6-13(17)18/h2-3,7,11H,4-6,8-10H2,1H3,(H,17,18). The zero-order valence-corrected chi connectivity index (χ0v) is 11.6. The summed E-state index contributed by atoms with van der Waals surface area (Å²) in [4.78, 5) is 24.9. The SMILES string of the molecule is COCCn1cccc1C(=O)N(CCC(=O)O)C1CC1. The summed E-state index contributed by atoms with van der Waals surface area (Å²) in [5.41, 5.74) is 0.597. The third-order valence-corrected chi connectivity index (χ3v) is 3.40. The van der Waals surface area contributed by atoms with Crippen LogP contribution in [0.25, 0.3) is 0 Å². The van der Waals surface area contributed by atoms with Crippen molar-refractivity contribution in [1.29, 1.82) is 0 Å². The second-order valence-corrected chi connectivity index (χ2v) is 4.95. The molecule has 1 fully saturated rings. The summed E-state index contributed by atoms with van der Waals surface area (Å²) in [6, 6.07) is 3.80. The predicted molar refractivity (Wildman–Crippen MR) is 72.6 cm³/mol. The lowest BCUT2D eigenvalue weighted by Gasteiger charge is -2.22. The Morgan fingerprint density at radius 2 is 2.25 bits per heavy atom. The molecule has 0 aliphatic heterocycles. The molecule has 0 atom stereocenters. The van der Waals surface area contributed by atoms with E-state index >= 15 is 0 Å². The third kappa shape index (κ3) is 3.60. The van der Waals surface area contributed by atoms with Gasteiger partial charge in [-0.2, -0.15) is 0 Å². The number of ether oxygens (including phenoxy) is 1. The lowest BCUT2D eigenvalue weighted by Crippen LogP contribution is -2.36. The van der Waals surface area contributed by atoms with Gasteiger partial charge in [-0.3, -0.25) is 9.59 Å². The number of aromatic nitrogens is 1. The van der Waals surface area contributed by atoms with Crippen molar-refractivity contribution in [2.24, 2.45) is 0 Å². The number of aliphatic carboxylic acids is 1. The Balaban J connectivity index is 2.06. The Bertz CT molecular complexity index is 479. The van der Waals surface area contributed by atoms with E-state index in [0.717, 1.165) is 12.8 Å². The lowest BCUT2D eigenvalue weighted by atomic mass is 10.3. The molecule has 2 rings (SSSR count). The van der Waals surface area contributed by atoms with Gasteiger partial charge in [-0.15, -0.1) is 0 Å². The molecule has 1 aliphatic carbocycles. The molecule has 6 nitrogen and oxygen atoms in total. The van der Waals surface area contributed by atoms with Crippen molar-refractivity contribution in [1.82, 2.24) is 9.47 Å². The van der Waals surface area contributed by atoms with Crippen molar-refractivity contribution >= 4 is 11.9 Å². The molecule has 1 amide bonds. The first-order chi connectivity index (χ1) is 9.63. The molecule has 1 aromatic rings. The lowest BCUT2D eigenvalue weighted by molar-refractivity contribution is -0.137. The Kier molecular flexibility index (Phi) is 4.79. The number of amides is 1. The van der Waals surface area contributed by atoms with Crippen molar-refractivity contribution in [3.8, 4) is 0 Å². The molecule has 20 heavy (non-hydrogen) atoms. The summed E-state index contributed by atoms with van der Waals surface area (Å²) in [6.07, 6.45) is 3.75. The number of carboxylic acid groups (broad SMARTS) is 1. The Labute approximate surface area is 117 Å². The van der Waals surface area contributed by atoms with Gasteiger partial charge in [0, 0.05) is 32.4 Å². The molecule has 1 aliphatic rings. The van der Waals surface area contributed by atoms with Crippen LogP contribution in [-0.4, -0.2) is 52.8 Å². The molecule has 1 N–H and O–H groups in total. The van der Waals surface area contributed by atoms with E-state index in [9.17, 15) is 9.59 Å². The van der Waals surface area contributed by atoms with Crippen molar-refractivity contribution in [3.05, 3.63) is 24.0 Å². The van der Waals surface area contributed by atoms with Gasteiger partial charge in [0.25, 0.3) is 5.91 Å². The van der Waals surface area contributed by atoms with Crippen LogP contribution in [-0.2, 0) is 16.1 Å². The van der Waals surface area contributed by atoms with Crippen LogP contribution in [0.5, 0.6) is 0 Å². The molecule has 0 saturated heterocycles. The second-order valence-electron chi connectivity index (χ2n) is 4.95. The van der Waals surface area contributed by atoms with Crippen molar-refractivity contribution in [3.63, 3.8) is 0 Å². The Morgan fingerprint density at radius 3 is 2.85 bits per heavy atom. The topological polar surface area (TPSA) is 71.8 Å². The number of nitrogens with zero attached hydrogens (tertiary/aromatic N) is 2. The smallest absolute Gasteiger partial charge is 0.305 e. The van der Waals surface area contributed by atoms with Gasteiger partial charge in [0.05, 0.1) is 13.0 Å². The number of rotatable bonds is 8. The van der Waals surface area contributed by atoms with E-state index in [0.29, 0.717) is 18.8 Å². The maximum absolute atomic E-state index is 12.6. The molecule has 0 unspecified atom stereocenters. The van der Waals surface area contributed by atoms with Crippen molar-refractivity contribution in [2.75, 3.05) is 20.3 Å². The molecule has 110 valence electrons. The summed E-state index contributed by atoms with van der Waals surface area (Å²) in [5, 5.41) is 8.79. The minimum atomic E-state index is -0.877. The van der Waals surface area contributed by atoms with E-state index in [4.69, 9.17) is 9.84 Å². The van der Waals surface area contributed by atoms with Crippen LogP contribution >= 0.6 is 0 Å². The molecule has 1 heterocycles. The van der Waals surface area contributed by atoms with Crippen LogP contribution in [0, 0.1) is 0 Å². The molecule has 0 spiro atoms. The average molecular weight is 280 g/mol. The van der Waals surface area contributed by atoms with Crippen molar-refractivity contribution in [2.45, 2.75) is 31.8 Å². The van der Waals surface area contributed by atoms with Crippen LogP contribution in [0.1, 0.15) is 29.8 Å². The Hall–Kier alpha value is -1.82. The minimum absolute atomic E-state index is 0.0129. The first-order valence-electron chi connectivity index (χ1n) is 6.80. The van der Waals surface area contributed by atoms with Crippen LogP contribution in [0.2, 0.25) is 0 Å². The maximum Gasteiger partial charge on any atom is 0.305 e. The van der Waals surface area contributed by atoms with Crippen LogP contribution in [0.15, 0.2) is 18.3 Å². The summed E-state index contributed by atoms with van der Waals surface area (Å²) in [7, 11) is 1.62. The number of hydrogen-bond acceptors (Lipinski definition) is 3. The second kappa shape index (κ2) is 6.56. The third-order valence-electron chi connectivity index (χ3n) is 3.40. The first-order valence-corrected chi connectivity index (χ1v) is 6.80. The van der Waals surface area contributed by atoms with E-state index in [1.807, 2.05) is 16.8 Å². The van der Waals surface area contributed by atoms with E-state index in [2.05, 4.69) is 0 Å². The van der Waals surface area contributed by atoms with E-state index in [1.54, 1.807) is 18.1 Å². The van der Waals surface area contributed by atoms with E-state index in [1.165, 1.54) is 0 Å². The molecule has 0 radical (unpaired) electrons. The van der Waals surface area contributed by atoms with Crippen LogP contribution in [0.3, 0.4) is 0 Å². The molecule has 1 saturated carbocycles. The normalized spacial score (nSPS) is 14.2. The van der Waals surface area contributed by atoms with Crippen LogP contribution in [0.4, 0.5) is 0 Å². The van der Waals surface area contributed by atoms with Gasteiger partial charge in [-0.05, 0) is 25.0 Å². The fourth-order valence-electron chi connectivity index (χ4n) is 2.19. The molecular weight excluding hydrogens is 260 g/mol. The van der Waals surface area contributed by atoms with Gasteiger partial charge in [0.1, 0.15) is 5.69 Å². The van der Waals surface area contributed by atoms with Gasteiger partial charge in [-0.1, -0.05) is 0 Å². The largest absolute Gasteiger partial charge is 0.481 e. The van der Waals surface area contributed by atoms with Gasteiger partial charge in [0.2, 0.25) is 0 Å². The highest BCUT2D eigenvalue weighted by atomic mass is 16.5. The van der Waals surface area contributed by atoms with E-state index in [-0.39, 0.29) is 24.9 Å². The van der Waals surface area contributed by atoms with Gasteiger partial charge < -0.3 is 19.3 Å². The molecule has 1 aromatic heterocycles. The predicted octanol–water partition coefficient (Wildman–Crippen LogP) is 1.21. The maximum atomic E-state index is 12.6. The zero-order chi connectivity index (χ0) is 14.5. The van der Waals surface area contributed by atoms with Gasteiger partial charge >= 0.3 is 5.97 Å². The van der Waals surface area contributed by atoms with Gasteiger partial charge in [0.15, 0.2) is 0 Å². The van der Waals surface area contributed by atoms with Crippen LogP contribution < -0.4 is 0 Å². The molecular formula is C14H20N2O4. The number of carboxylic acids is 1. The van der Waals surface area contributed by atoms with E-state index < -0.39 is 5.97 Å². The highest BCUT2D eigenvalue weighted by Gasteiger charge is 2.34. The monoisotopic (exact) mass is 280 g/mol. The highest BCUT2D eigenvalue weighted by Crippen LogP contribution is 2.28. The minimum Gasteiger partial charge on any atom is -0.481 e. The number of methoxy groups -OCH3 is 1. The summed E-state index contributed by atoms with van der Waals surface area (Å²) < 4.78 is 6.87. The average Bonchev–Trinajstić information content (AvgIpc) is 3.14. The molecule has 0 bridgehead atoms. The fourth-order valence-corrected chi connectivity index (χ4v) is 2.19. The van der Waals surface area contributed by atoms with Crippen molar-refractivity contribution < 1.29 is 19.4 Å². The number of hydrogen-bond donors (Lipinski definition) is 1. The van der Waals surface area contributed by atoms with Gasteiger partial charge in [-0.25, -0.2) is 0 Å². The highest BCUT2D eigenvalue weighted by molar-refractivity contribution is 5.93. The summed E-state index contributed by atoms with van der Waals surface area (Å²) in [5.74, 6) is -0.965. The summed E-state index contributed by atoms with van der Waals surface area (Å²) in [6.45, 7) is 1.42. The summed E-state index contributed by atoms with van der Waals surface area (Å²) >= 11 is 0. The molecule has 6 heteroatoms. The Morgan fingerprint density at radius 1 is 1.50 bits per heavy atom. The first kappa shape index (κ1) is 14.6. The fraction of sp³-hybridized carbons (Fsp3) is 0.571.